The van der Waals surface area contributed by atoms with Gasteiger partial charge in [-0.25, -0.2) is 8.60 Å². The molecule has 1 aromatic rings. The molecule has 0 aromatic heterocycles. The predicted octanol–water partition coefficient (Wildman–Crippen LogP) is 3.84. The summed E-state index contributed by atoms with van der Waals surface area (Å²) in [4.78, 5) is 0. The molecule has 1 unspecified atom stereocenters. The summed E-state index contributed by atoms with van der Waals surface area (Å²) in [5.41, 5.74) is -0.741. The second kappa shape index (κ2) is 6.91. The number of hydrogen-bond acceptors (Lipinski definition) is 2. The van der Waals surface area contributed by atoms with Crippen molar-refractivity contribution in [1.82, 2.24) is 0 Å². The predicted molar refractivity (Wildman–Crippen MR) is 82.3 cm³/mol. The molecule has 3 nitrogen and oxygen atoms in total. The molecule has 124 valence electrons. The molecule has 0 radical (unpaired) electrons. The van der Waals surface area contributed by atoms with E-state index in [1.807, 2.05) is 0 Å². The molecule has 0 aliphatic heterocycles. The third-order valence-electron chi connectivity index (χ3n) is 2.85. The van der Waals surface area contributed by atoms with E-state index in [0.717, 1.165) is 13.2 Å². The van der Waals surface area contributed by atoms with Gasteiger partial charge in [0.1, 0.15) is 23.4 Å². The van der Waals surface area contributed by atoms with Gasteiger partial charge in [0.15, 0.2) is 0 Å². The molecule has 1 atom stereocenters. The third-order valence-corrected chi connectivity index (χ3v) is 4.34. The van der Waals surface area contributed by atoms with Crippen LogP contribution in [-0.4, -0.2) is 28.4 Å². The van der Waals surface area contributed by atoms with Gasteiger partial charge < -0.3 is 4.74 Å². The zero-order valence-corrected chi connectivity index (χ0v) is 14.1. The lowest BCUT2D eigenvalue weighted by molar-refractivity contribution is -0.0721. The van der Waals surface area contributed by atoms with Crippen molar-refractivity contribution in [3.05, 3.63) is 35.1 Å². The first-order valence-corrected chi connectivity index (χ1v) is 7.75. The van der Waals surface area contributed by atoms with Crippen molar-refractivity contribution in [1.29, 1.82) is 0 Å². The molecule has 0 saturated carbocycles. The van der Waals surface area contributed by atoms with Crippen LogP contribution in [0.25, 0.3) is 0 Å². The first-order chi connectivity index (χ1) is 10.0. The topological polar surface area (TPSA) is 38.7 Å². The second-order valence-corrected chi connectivity index (χ2v) is 7.75. The molecule has 0 aliphatic carbocycles. The molecule has 7 heteroatoms. The SMILES string of the molecule is COCC(F)(F)c1cccc(/C(C)=N/S(=O)C(C)(C)C)c1F. The molecule has 0 amide bonds. The van der Waals surface area contributed by atoms with Gasteiger partial charge in [0.05, 0.1) is 16.0 Å². The van der Waals surface area contributed by atoms with Gasteiger partial charge in [-0.05, 0) is 33.8 Å². The summed E-state index contributed by atoms with van der Waals surface area (Å²) in [6.45, 7) is 5.69. The monoisotopic (exact) mass is 335 g/mol. The normalized spacial score (nSPS) is 15.0. The maximum atomic E-state index is 14.4. The number of alkyl halides is 2. The van der Waals surface area contributed by atoms with Crippen LogP contribution < -0.4 is 0 Å². The van der Waals surface area contributed by atoms with Gasteiger partial charge in [0.2, 0.25) is 0 Å². The molecule has 0 fully saturated rings. The summed E-state index contributed by atoms with van der Waals surface area (Å²) in [5, 5.41) is 0. The van der Waals surface area contributed by atoms with E-state index < -0.39 is 39.6 Å². The molecule has 0 aliphatic rings. The Morgan fingerprint density at radius 2 is 1.91 bits per heavy atom. The first-order valence-electron chi connectivity index (χ1n) is 6.64. The Morgan fingerprint density at radius 1 is 1.32 bits per heavy atom. The van der Waals surface area contributed by atoms with E-state index in [0.29, 0.717) is 0 Å². The van der Waals surface area contributed by atoms with Crippen LogP contribution in [0, 0.1) is 5.82 Å². The quantitative estimate of drug-likeness (QED) is 0.767. The number of halogens is 3. The summed E-state index contributed by atoms with van der Waals surface area (Å²) >= 11 is 0. The van der Waals surface area contributed by atoms with Crippen molar-refractivity contribution in [3.8, 4) is 0 Å². The van der Waals surface area contributed by atoms with Gasteiger partial charge in [-0.2, -0.15) is 13.2 Å². The van der Waals surface area contributed by atoms with Gasteiger partial charge in [-0.3, -0.25) is 0 Å². The molecule has 0 N–H and O–H groups in total. The highest BCUT2D eigenvalue weighted by Gasteiger charge is 2.35. The summed E-state index contributed by atoms with van der Waals surface area (Å²) < 4.78 is 61.8. The lowest BCUT2D eigenvalue weighted by Crippen LogP contribution is -2.23. The number of rotatable bonds is 5. The minimum absolute atomic E-state index is 0.0918. The number of ether oxygens (including phenoxy) is 1. The van der Waals surface area contributed by atoms with Crippen molar-refractivity contribution in [3.63, 3.8) is 0 Å². The van der Waals surface area contributed by atoms with Gasteiger partial charge in [-0.15, -0.1) is 0 Å². The lowest BCUT2D eigenvalue weighted by atomic mass is 10.0. The van der Waals surface area contributed by atoms with Crippen LogP contribution in [-0.2, 0) is 21.6 Å². The van der Waals surface area contributed by atoms with E-state index in [-0.39, 0.29) is 11.3 Å². The van der Waals surface area contributed by atoms with Crippen LogP contribution in [0.15, 0.2) is 22.6 Å². The van der Waals surface area contributed by atoms with Crippen LogP contribution in [0.2, 0.25) is 0 Å². The molecule has 0 heterocycles. The van der Waals surface area contributed by atoms with E-state index in [9.17, 15) is 17.4 Å². The van der Waals surface area contributed by atoms with E-state index >= 15 is 0 Å². The summed E-state index contributed by atoms with van der Waals surface area (Å²) in [7, 11) is -0.478. The highest BCUT2D eigenvalue weighted by Crippen LogP contribution is 2.31. The van der Waals surface area contributed by atoms with Gasteiger partial charge in [0, 0.05) is 12.7 Å². The number of methoxy groups -OCH3 is 1. The zero-order valence-electron chi connectivity index (χ0n) is 13.2. The fourth-order valence-electron chi connectivity index (χ4n) is 1.66. The Balaban J connectivity index is 3.29. The van der Waals surface area contributed by atoms with Crippen LogP contribution in [0.5, 0.6) is 0 Å². The highest BCUT2D eigenvalue weighted by molar-refractivity contribution is 7.85. The maximum absolute atomic E-state index is 14.4. The molecule has 1 aromatic carbocycles. The molecule has 0 spiro atoms. The van der Waals surface area contributed by atoms with Gasteiger partial charge >= 0.3 is 0 Å². The summed E-state index contributed by atoms with van der Waals surface area (Å²) in [5.74, 6) is -4.52. The number of nitrogens with zero attached hydrogens (tertiary/aromatic N) is 1. The molecule has 1 rings (SSSR count). The van der Waals surface area contributed by atoms with E-state index in [2.05, 4.69) is 9.13 Å². The van der Waals surface area contributed by atoms with Crippen molar-refractivity contribution in [2.45, 2.75) is 38.4 Å². The van der Waals surface area contributed by atoms with E-state index in [4.69, 9.17) is 0 Å². The number of benzene rings is 1. The summed E-state index contributed by atoms with van der Waals surface area (Å²) in [6, 6.07) is 3.66. The van der Waals surface area contributed by atoms with Crippen LogP contribution in [0.3, 0.4) is 0 Å². The minimum atomic E-state index is -3.45. The van der Waals surface area contributed by atoms with Gasteiger partial charge in [0.25, 0.3) is 5.92 Å². The molecule has 0 saturated heterocycles. The van der Waals surface area contributed by atoms with Crippen molar-refractivity contribution < 1.29 is 22.1 Å². The Morgan fingerprint density at radius 3 is 2.41 bits per heavy atom. The average molecular weight is 335 g/mol. The van der Waals surface area contributed by atoms with Crippen LogP contribution in [0.1, 0.15) is 38.8 Å². The smallest absolute Gasteiger partial charge is 0.298 e. The maximum Gasteiger partial charge on any atom is 0.298 e. The van der Waals surface area contributed by atoms with E-state index in [1.165, 1.54) is 19.1 Å². The Labute approximate surface area is 131 Å². The molecule has 0 bridgehead atoms. The largest absolute Gasteiger partial charge is 0.378 e. The van der Waals surface area contributed by atoms with Gasteiger partial charge in [-0.1, -0.05) is 12.1 Å². The first kappa shape index (κ1) is 18.8. The fraction of sp³-hybridized carbons (Fsp3) is 0.533. The Kier molecular flexibility index (Phi) is 5.92. The lowest BCUT2D eigenvalue weighted by Gasteiger charge is -2.18. The fourth-order valence-corrected chi connectivity index (χ4v) is 2.28. The van der Waals surface area contributed by atoms with Crippen LogP contribution >= 0.6 is 0 Å². The standard InChI is InChI=1S/C15H20F3NO2S/c1-10(19-22(20)14(2,3)4)11-7-6-8-12(13(11)16)15(17,18)9-21-5/h6-8H,9H2,1-5H3/b19-10+. The van der Waals surface area contributed by atoms with Crippen molar-refractivity contribution in [2.75, 3.05) is 13.7 Å². The Bertz CT molecular complexity index is 595. The molecular weight excluding hydrogens is 315 g/mol. The Hall–Kier alpha value is -1.21. The van der Waals surface area contributed by atoms with Crippen LogP contribution in [0.4, 0.5) is 13.2 Å². The zero-order chi connectivity index (χ0) is 17.1. The number of hydrogen-bond donors (Lipinski definition) is 0. The van der Waals surface area contributed by atoms with E-state index in [1.54, 1.807) is 20.8 Å². The minimum Gasteiger partial charge on any atom is -0.378 e. The summed E-state index contributed by atoms with van der Waals surface area (Å²) in [6.07, 6.45) is 0. The molecule has 22 heavy (non-hydrogen) atoms. The average Bonchev–Trinajstić information content (AvgIpc) is 2.37. The third kappa shape index (κ3) is 4.39. The molecular formula is C15H20F3NO2S. The second-order valence-electron chi connectivity index (χ2n) is 5.84. The van der Waals surface area contributed by atoms with Crippen molar-refractivity contribution in [2.24, 2.45) is 4.40 Å². The van der Waals surface area contributed by atoms with Crippen molar-refractivity contribution >= 4 is 16.7 Å². The highest BCUT2D eigenvalue weighted by atomic mass is 32.2.